The smallest absolute Gasteiger partial charge is 0.321 e. The molecule has 0 saturated carbocycles. The van der Waals surface area contributed by atoms with Crippen molar-refractivity contribution >= 4 is 17.9 Å². The highest BCUT2D eigenvalue weighted by atomic mass is 16.4. The van der Waals surface area contributed by atoms with Gasteiger partial charge in [0.1, 0.15) is 12.1 Å². The van der Waals surface area contributed by atoms with E-state index in [1.807, 2.05) is 20.8 Å². The number of carbonyl (C=O) groups is 3. The van der Waals surface area contributed by atoms with E-state index in [-0.39, 0.29) is 6.42 Å². The van der Waals surface area contributed by atoms with Crippen LogP contribution in [0.15, 0.2) is 0 Å². The van der Waals surface area contributed by atoms with Crippen LogP contribution in [0.3, 0.4) is 0 Å². The standard InChI is InChI=1S/C8H15NO4.C6H13NO2/c1-2-3-4-9-6(8(12)13)5-7(10)11;1-4(2)3-5(7)6(8)9/h6,9H,2-5H2,1H3,(H,10,11)(H,12,13);4-5H,3,7H2,1-2H3,(H,8,9). The fraction of sp³-hybridized carbons (Fsp3) is 0.786. The Morgan fingerprint density at radius 2 is 1.64 bits per heavy atom. The normalized spacial score (nSPS) is 13.0. The van der Waals surface area contributed by atoms with Crippen LogP contribution in [-0.4, -0.2) is 51.9 Å². The Morgan fingerprint density at radius 3 is 1.91 bits per heavy atom. The van der Waals surface area contributed by atoms with Crippen LogP contribution >= 0.6 is 0 Å². The molecule has 0 aromatic heterocycles. The minimum atomic E-state index is -1.11. The zero-order valence-electron chi connectivity index (χ0n) is 13.4. The van der Waals surface area contributed by atoms with Gasteiger partial charge in [0, 0.05) is 0 Å². The van der Waals surface area contributed by atoms with Crippen molar-refractivity contribution in [2.45, 2.75) is 58.5 Å². The number of rotatable bonds is 10. The first-order valence-corrected chi connectivity index (χ1v) is 7.28. The molecule has 0 saturated heterocycles. The molecule has 0 aliphatic heterocycles. The van der Waals surface area contributed by atoms with Crippen LogP contribution in [-0.2, 0) is 14.4 Å². The molecule has 0 aromatic rings. The van der Waals surface area contributed by atoms with Crippen LogP contribution in [0, 0.1) is 5.92 Å². The first kappa shape index (κ1) is 22.6. The Balaban J connectivity index is 0. The molecule has 2 atom stereocenters. The second-order valence-corrected chi connectivity index (χ2v) is 5.37. The monoisotopic (exact) mass is 320 g/mol. The molecule has 130 valence electrons. The Morgan fingerprint density at radius 1 is 1.09 bits per heavy atom. The van der Waals surface area contributed by atoms with Gasteiger partial charge in [0.05, 0.1) is 6.42 Å². The van der Waals surface area contributed by atoms with Gasteiger partial charge in [-0.05, 0) is 25.3 Å². The van der Waals surface area contributed by atoms with Crippen molar-refractivity contribution < 1.29 is 29.7 Å². The Bertz CT molecular complexity index is 346. The van der Waals surface area contributed by atoms with E-state index < -0.39 is 30.0 Å². The van der Waals surface area contributed by atoms with E-state index in [1.54, 1.807) is 0 Å². The lowest BCUT2D eigenvalue weighted by molar-refractivity contribution is -0.145. The lowest BCUT2D eigenvalue weighted by Crippen LogP contribution is -2.38. The average Bonchev–Trinajstić information content (AvgIpc) is 2.37. The minimum Gasteiger partial charge on any atom is -0.481 e. The molecule has 0 aliphatic rings. The molecule has 0 heterocycles. The number of hydrogen-bond donors (Lipinski definition) is 5. The van der Waals surface area contributed by atoms with Crippen molar-refractivity contribution in [2.75, 3.05) is 6.54 Å². The predicted molar refractivity (Wildman–Crippen MR) is 81.7 cm³/mol. The maximum absolute atomic E-state index is 10.5. The van der Waals surface area contributed by atoms with Gasteiger partial charge < -0.3 is 26.4 Å². The van der Waals surface area contributed by atoms with E-state index in [4.69, 9.17) is 21.1 Å². The van der Waals surface area contributed by atoms with Crippen molar-refractivity contribution in [3.05, 3.63) is 0 Å². The molecule has 0 fully saturated rings. The Hall–Kier alpha value is -1.67. The summed E-state index contributed by atoms with van der Waals surface area (Å²) in [5, 5.41) is 28.0. The van der Waals surface area contributed by atoms with Crippen LogP contribution in [0.2, 0.25) is 0 Å². The van der Waals surface area contributed by atoms with Gasteiger partial charge in [-0.25, -0.2) is 0 Å². The molecule has 22 heavy (non-hydrogen) atoms. The van der Waals surface area contributed by atoms with Gasteiger partial charge in [0.25, 0.3) is 0 Å². The molecule has 8 heteroatoms. The van der Waals surface area contributed by atoms with Gasteiger partial charge in [0.15, 0.2) is 0 Å². The van der Waals surface area contributed by atoms with Crippen molar-refractivity contribution in [1.29, 1.82) is 0 Å². The Labute approximate surface area is 130 Å². The summed E-state index contributed by atoms with van der Waals surface area (Å²) in [6, 6.07) is -1.66. The third-order valence-electron chi connectivity index (χ3n) is 2.64. The summed E-state index contributed by atoms with van der Waals surface area (Å²) < 4.78 is 0. The second kappa shape index (κ2) is 13.0. The van der Waals surface area contributed by atoms with Crippen LogP contribution in [0.5, 0.6) is 0 Å². The lowest BCUT2D eigenvalue weighted by Gasteiger charge is -2.11. The molecular weight excluding hydrogens is 292 g/mol. The molecule has 0 bridgehead atoms. The van der Waals surface area contributed by atoms with Gasteiger partial charge >= 0.3 is 17.9 Å². The predicted octanol–water partition coefficient (Wildman–Crippen LogP) is 0.748. The largest absolute Gasteiger partial charge is 0.481 e. The van der Waals surface area contributed by atoms with Crippen LogP contribution in [0.4, 0.5) is 0 Å². The topological polar surface area (TPSA) is 150 Å². The zero-order valence-corrected chi connectivity index (χ0v) is 13.4. The summed E-state index contributed by atoms with van der Waals surface area (Å²) in [5.74, 6) is -2.77. The van der Waals surface area contributed by atoms with E-state index >= 15 is 0 Å². The highest BCUT2D eigenvalue weighted by Gasteiger charge is 2.19. The second-order valence-electron chi connectivity index (χ2n) is 5.37. The number of nitrogens with one attached hydrogen (secondary N) is 1. The molecule has 0 spiro atoms. The zero-order chi connectivity index (χ0) is 17.7. The highest BCUT2D eigenvalue weighted by molar-refractivity contribution is 5.80. The summed E-state index contributed by atoms with van der Waals surface area (Å²) >= 11 is 0. The molecule has 0 aromatic carbocycles. The van der Waals surface area contributed by atoms with Gasteiger partial charge in [0.2, 0.25) is 0 Å². The van der Waals surface area contributed by atoms with Crippen LogP contribution < -0.4 is 11.1 Å². The molecule has 0 radical (unpaired) electrons. The third-order valence-corrected chi connectivity index (χ3v) is 2.64. The molecule has 8 nitrogen and oxygen atoms in total. The van der Waals surface area contributed by atoms with Crippen molar-refractivity contribution in [1.82, 2.24) is 5.32 Å². The van der Waals surface area contributed by atoms with Gasteiger partial charge in [-0.2, -0.15) is 0 Å². The third kappa shape index (κ3) is 14.7. The van der Waals surface area contributed by atoms with Crippen LogP contribution in [0.25, 0.3) is 0 Å². The number of nitrogens with two attached hydrogens (primary N) is 1. The van der Waals surface area contributed by atoms with E-state index in [9.17, 15) is 14.4 Å². The summed E-state index contributed by atoms with van der Waals surface area (Å²) in [5.41, 5.74) is 5.22. The number of unbranched alkanes of at least 4 members (excludes halogenated alkanes) is 1. The maximum atomic E-state index is 10.5. The fourth-order valence-electron chi connectivity index (χ4n) is 1.48. The molecule has 0 amide bonds. The first-order chi connectivity index (χ1) is 10.1. The van der Waals surface area contributed by atoms with Crippen molar-refractivity contribution in [2.24, 2.45) is 11.7 Å². The molecule has 6 N–H and O–H groups in total. The number of aliphatic carboxylic acids is 3. The molecule has 2 unspecified atom stereocenters. The van der Waals surface area contributed by atoms with Crippen LogP contribution in [0.1, 0.15) is 46.5 Å². The minimum absolute atomic E-state index is 0.357. The number of hydrogen-bond acceptors (Lipinski definition) is 5. The van der Waals surface area contributed by atoms with Gasteiger partial charge in [-0.3, -0.25) is 14.4 Å². The van der Waals surface area contributed by atoms with E-state index in [0.29, 0.717) is 18.9 Å². The lowest BCUT2D eigenvalue weighted by atomic mass is 10.1. The van der Waals surface area contributed by atoms with E-state index in [2.05, 4.69) is 5.32 Å². The van der Waals surface area contributed by atoms with E-state index in [1.165, 1.54) is 0 Å². The van der Waals surface area contributed by atoms with Gasteiger partial charge in [-0.1, -0.05) is 27.2 Å². The first-order valence-electron chi connectivity index (χ1n) is 7.28. The maximum Gasteiger partial charge on any atom is 0.321 e. The number of carboxylic acids is 3. The fourth-order valence-corrected chi connectivity index (χ4v) is 1.48. The molecular formula is C14H28N2O6. The summed E-state index contributed by atoms with van der Waals surface area (Å²) in [4.78, 5) is 30.9. The average molecular weight is 320 g/mol. The Kier molecular flexibility index (Phi) is 13.4. The quantitative estimate of drug-likeness (QED) is 0.370. The summed E-state index contributed by atoms with van der Waals surface area (Å²) in [6.07, 6.45) is 1.98. The summed E-state index contributed by atoms with van der Waals surface area (Å²) in [7, 11) is 0. The number of carboxylic acid groups (broad SMARTS) is 3. The van der Waals surface area contributed by atoms with E-state index in [0.717, 1.165) is 12.8 Å². The van der Waals surface area contributed by atoms with Gasteiger partial charge in [-0.15, -0.1) is 0 Å². The molecule has 0 aliphatic carbocycles. The molecule has 0 rings (SSSR count). The van der Waals surface area contributed by atoms with Crippen molar-refractivity contribution in [3.63, 3.8) is 0 Å². The van der Waals surface area contributed by atoms with Crippen molar-refractivity contribution in [3.8, 4) is 0 Å². The highest BCUT2D eigenvalue weighted by Crippen LogP contribution is 2.01. The summed E-state index contributed by atoms with van der Waals surface area (Å²) in [6.45, 7) is 6.42. The SMILES string of the molecule is CC(C)CC(N)C(=O)O.CCCCNC(CC(=O)O)C(=O)O.